The molecule has 2 rings (SSSR count). The molecule has 2 saturated carbocycles. The summed E-state index contributed by atoms with van der Waals surface area (Å²) in [5, 5.41) is 1.03. The van der Waals surface area contributed by atoms with E-state index in [0.717, 1.165) is 11.2 Å². The van der Waals surface area contributed by atoms with Crippen LogP contribution in [0.3, 0.4) is 0 Å². The molecule has 15 heavy (non-hydrogen) atoms. The van der Waals surface area contributed by atoms with Crippen LogP contribution < -0.4 is 0 Å². The van der Waals surface area contributed by atoms with Gasteiger partial charge in [-0.05, 0) is 44.4 Å². The Morgan fingerprint density at radius 3 is 2.27 bits per heavy atom. The predicted molar refractivity (Wildman–Crippen MR) is 67.5 cm³/mol. The summed E-state index contributed by atoms with van der Waals surface area (Å²) in [5.41, 5.74) is 0.182. The Morgan fingerprint density at radius 1 is 1.13 bits per heavy atom. The summed E-state index contributed by atoms with van der Waals surface area (Å²) in [6.45, 7) is 2.37. The summed E-state index contributed by atoms with van der Waals surface area (Å²) in [5.74, 6) is 0.907. The lowest BCUT2D eigenvalue weighted by molar-refractivity contribution is -0.100. The molecule has 0 atom stereocenters. The molecule has 2 heteroatoms. The molecule has 0 aliphatic heterocycles. The summed E-state index contributed by atoms with van der Waals surface area (Å²) in [6.07, 6.45) is 11.1. The van der Waals surface area contributed by atoms with Gasteiger partial charge in [0, 0.05) is 5.33 Å². The molecule has 0 N–H and O–H groups in total. The minimum Gasteiger partial charge on any atom is -0.371 e. The largest absolute Gasteiger partial charge is 0.371 e. The fourth-order valence-electron chi connectivity index (χ4n) is 2.93. The Balaban J connectivity index is 1.89. The quantitative estimate of drug-likeness (QED) is 0.698. The monoisotopic (exact) mass is 274 g/mol. The smallest absolute Gasteiger partial charge is 0.0782 e. The third-order valence-electron chi connectivity index (χ3n) is 4.15. The van der Waals surface area contributed by atoms with Crippen LogP contribution in [0, 0.1) is 5.92 Å². The van der Waals surface area contributed by atoms with Crippen molar-refractivity contribution in [1.82, 2.24) is 0 Å². The highest BCUT2D eigenvalue weighted by atomic mass is 79.9. The molecule has 0 heterocycles. The summed E-state index contributed by atoms with van der Waals surface area (Å²) in [7, 11) is 0. The van der Waals surface area contributed by atoms with Gasteiger partial charge < -0.3 is 4.74 Å². The van der Waals surface area contributed by atoms with E-state index in [-0.39, 0.29) is 5.60 Å². The van der Waals surface area contributed by atoms with Crippen molar-refractivity contribution >= 4 is 15.9 Å². The van der Waals surface area contributed by atoms with E-state index in [1.165, 1.54) is 51.4 Å². The van der Waals surface area contributed by atoms with E-state index in [1.807, 2.05) is 0 Å². The van der Waals surface area contributed by atoms with Gasteiger partial charge in [0.2, 0.25) is 0 Å². The number of hydrogen-bond donors (Lipinski definition) is 0. The van der Waals surface area contributed by atoms with Crippen LogP contribution in [0.4, 0.5) is 0 Å². The van der Waals surface area contributed by atoms with Crippen LogP contribution in [0.1, 0.15) is 58.3 Å². The minimum atomic E-state index is 0.182. The minimum absolute atomic E-state index is 0.182. The van der Waals surface area contributed by atoms with Crippen molar-refractivity contribution in [3.05, 3.63) is 0 Å². The molecule has 88 valence electrons. The third-order valence-corrected chi connectivity index (χ3v) is 5.17. The van der Waals surface area contributed by atoms with Crippen molar-refractivity contribution in [2.45, 2.75) is 70.0 Å². The van der Waals surface area contributed by atoms with Gasteiger partial charge in [-0.2, -0.15) is 0 Å². The fourth-order valence-corrected chi connectivity index (χ4v) is 3.62. The van der Waals surface area contributed by atoms with E-state index in [1.54, 1.807) is 0 Å². The molecule has 0 aromatic heterocycles. The topological polar surface area (TPSA) is 9.23 Å². The van der Waals surface area contributed by atoms with Crippen molar-refractivity contribution < 1.29 is 4.74 Å². The average Bonchev–Trinajstić information content (AvgIpc) is 2.75. The van der Waals surface area contributed by atoms with E-state index in [0.29, 0.717) is 6.10 Å². The lowest BCUT2D eigenvalue weighted by atomic mass is 9.80. The van der Waals surface area contributed by atoms with E-state index < -0.39 is 0 Å². The molecule has 1 nitrogen and oxygen atoms in total. The normalized spacial score (nSPS) is 38.4. The number of ether oxygens (including phenoxy) is 1. The van der Waals surface area contributed by atoms with Crippen molar-refractivity contribution in [3.8, 4) is 0 Å². The first-order chi connectivity index (χ1) is 7.24. The maximum absolute atomic E-state index is 6.39. The van der Waals surface area contributed by atoms with E-state index >= 15 is 0 Å². The van der Waals surface area contributed by atoms with Gasteiger partial charge in [0.25, 0.3) is 0 Å². The Labute approximate surface area is 102 Å². The molecule has 2 aliphatic rings. The van der Waals surface area contributed by atoms with Crippen molar-refractivity contribution in [2.75, 3.05) is 5.33 Å². The van der Waals surface area contributed by atoms with Crippen molar-refractivity contribution in [3.63, 3.8) is 0 Å². The highest BCUT2D eigenvalue weighted by Crippen LogP contribution is 2.39. The lowest BCUT2D eigenvalue weighted by Gasteiger charge is -2.40. The summed E-state index contributed by atoms with van der Waals surface area (Å²) < 4.78 is 6.39. The van der Waals surface area contributed by atoms with Gasteiger partial charge in [-0.25, -0.2) is 0 Å². The van der Waals surface area contributed by atoms with Crippen LogP contribution in [-0.4, -0.2) is 17.0 Å². The standard InChI is InChI=1S/C13H23BrO/c1-11-6-8-13(10-14,9-7-11)15-12-4-2-3-5-12/h11-12H,2-10H2,1H3. The van der Waals surface area contributed by atoms with E-state index in [4.69, 9.17) is 4.74 Å². The molecular formula is C13H23BrO. The first-order valence-corrected chi connectivity index (χ1v) is 7.60. The van der Waals surface area contributed by atoms with Gasteiger partial charge in [-0.1, -0.05) is 35.7 Å². The highest BCUT2D eigenvalue weighted by Gasteiger charge is 2.36. The van der Waals surface area contributed by atoms with Crippen LogP contribution in [0.2, 0.25) is 0 Å². The second-order valence-corrected chi connectivity index (χ2v) is 6.08. The van der Waals surface area contributed by atoms with Crippen LogP contribution in [0.5, 0.6) is 0 Å². The Kier molecular flexibility index (Phi) is 4.11. The number of hydrogen-bond acceptors (Lipinski definition) is 1. The second-order valence-electron chi connectivity index (χ2n) is 5.52. The van der Waals surface area contributed by atoms with Crippen LogP contribution in [0.25, 0.3) is 0 Å². The molecule has 0 aromatic rings. The van der Waals surface area contributed by atoms with Gasteiger partial charge in [-0.15, -0.1) is 0 Å². The molecule has 0 spiro atoms. The van der Waals surface area contributed by atoms with Gasteiger partial charge in [0.15, 0.2) is 0 Å². The maximum atomic E-state index is 6.39. The number of rotatable bonds is 3. The average molecular weight is 275 g/mol. The molecular weight excluding hydrogens is 252 g/mol. The van der Waals surface area contributed by atoms with Gasteiger partial charge in [0.1, 0.15) is 0 Å². The molecule has 0 amide bonds. The van der Waals surface area contributed by atoms with E-state index in [9.17, 15) is 0 Å². The van der Waals surface area contributed by atoms with Crippen LogP contribution in [0.15, 0.2) is 0 Å². The van der Waals surface area contributed by atoms with Gasteiger partial charge >= 0.3 is 0 Å². The molecule has 0 saturated heterocycles. The Bertz CT molecular complexity index is 191. The zero-order valence-corrected chi connectivity index (χ0v) is 11.4. The molecule has 0 bridgehead atoms. The first kappa shape index (κ1) is 11.9. The molecule has 0 aromatic carbocycles. The summed E-state index contributed by atoms with van der Waals surface area (Å²) >= 11 is 3.67. The molecule has 0 unspecified atom stereocenters. The van der Waals surface area contributed by atoms with Crippen molar-refractivity contribution in [1.29, 1.82) is 0 Å². The number of halogens is 1. The zero-order chi connectivity index (χ0) is 10.7. The maximum Gasteiger partial charge on any atom is 0.0782 e. The van der Waals surface area contributed by atoms with Gasteiger partial charge in [0.05, 0.1) is 11.7 Å². The second kappa shape index (κ2) is 5.18. The summed E-state index contributed by atoms with van der Waals surface area (Å²) in [6, 6.07) is 0. The fraction of sp³-hybridized carbons (Fsp3) is 1.00. The Morgan fingerprint density at radius 2 is 1.73 bits per heavy atom. The number of alkyl halides is 1. The molecule has 0 radical (unpaired) electrons. The highest BCUT2D eigenvalue weighted by molar-refractivity contribution is 9.09. The lowest BCUT2D eigenvalue weighted by Crippen LogP contribution is -2.41. The van der Waals surface area contributed by atoms with Gasteiger partial charge in [-0.3, -0.25) is 0 Å². The third kappa shape index (κ3) is 2.97. The molecule has 2 aliphatic carbocycles. The molecule has 2 fully saturated rings. The van der Waals surface area contributed by atoms with Crippen LogP contribution >= 0.6 is 15.9 Å². The first-order valence-electron chi connectivity index (χ1n) is 6.48. The zero-order valence-electron chi connectivity index (χ0n) is 9.80. The van der Waals surface area contributed by atoms with Crippen LogP contribution in [-0.2, 0) is 4.74 Å². The van der Waals surface area contributed by atoms with E-state index in [2.05, 4.69) is 22.9 Å². The Hall–Kier alpha value is 0.440. The predicted octanol–water partition coefficient (Wildman–Crippen LogP) is 4.29. The van der Waals surface area contributed by atoms with Crippen molar-refractivity contribution in [2.24, 2.45) is 5.92 Å². The summed E-state index contributed by atoms with van der Waals surface area (Å²) in [4.78, 5) is 0. The SMILES string of the molecule is CC1CCC(CBr)(OC2CCCC2)CC1.